The topological polar surface area (TPSA) is 57.7 Å². The Morgan fingerprint density at radius 1 is 1.06 bits per heavy atom. The SMILES string of the molecule is CC(C)C(Cc1ccc(OCc2ccccc2)c(OCCC2CC2)n1)C(=O)OC(C)(C)C. The highest BCUT2D eigenvalue weighted by Crippen LogP contribution is 2.33. The number of pyridine rings is 1. The lowest BCUT2D eigenvalue weighted by Crippen LogP contribution is -2.32. The minimum atomic E-state index is -0.510. The highest BCUT2D eigenvalue weighted by molar-refractivity contribution is 5.73. The predicted octanol–water partition coefficient (Wildman–Crippen LogP) is 6.00. The number of hydrogen-bond acceptors (Lipinski definition) is 5. The Kier molecular flexibility index (Phi) is 8.16. The van der Waals surface area contributed by atoms with E-state index in [1.54, 1.807) is 0 Å². The van der Waals surface area contributed by atoms with Gasteiger partial charge in [0.05, 0.1) is 12.5 Å². The standard InChI is InChI=1S/C27H37NO4/c1-19(2)23(26(29)32-27(3,4)5)17-22-13-14-24(31-18-21-9-7-6-8-10-21)25(28-22)30-16-15-20-11-12-20/h6-10,13-14,19-20,23H,11-12,15-18H2,1-5H3. The number of benzene rings is 1. The maximum atomic E-state index is 12.8. The van der Waals surface area contributed by atoms with E-state index in [0.717, 1.165) is 23.6 Å². The molecule has 32 heavy (non-hydrogen) atoms. The van der Waals surface area contributed by atoms with Crippen molar-refractivity contribution in [3.8, 4) is 11.6 Å². The summed E-state index contributed by atoms with van der Waals surface area (Å²) in [6.07, 6.45) is 4.13. The first-order valence-corrected chi connectivity index (χ1v) is 11.7. The number of rotatable bonds is 11. The average molecular weight is 440 g/mol. The maximum absolute atomic E-state index is 12.8. The zero-order valence-electron chi connectivity index (χ0n) is 20.1. The van der Waals surface area contributed by atoms with Crippen LogP contribution in [0.15, 0.2) is 42.5 Å². The molecule has 0 spiro atoms. The summed E-state index contributed by atoms with van der Waals surface area (Å²) in [5, 5.41) is 0. The van der Waals surface area contributed by atoms with Crippen LogP contribution in [0.4, 0.5) is 0 Å². The zero-order chi connectivity index (χ0) is 23.1. The zero-order valence-corrected chi connectivity index (χ0v) is 20.1. The highest BCUT2D eigenvalue weighted by Gasteiger charge is 2.29. The molecule has 1 aliphatic carbocycles. The van der Waals surface area contributed by atoms with E-state index >= 15 is 0 Å². The van der Waals surface area contributed by atoms with Crippen LogP contribution in [0.5, 0.6) is 11.6 Å². The minimum Gasteiger partial charge on any atom is -0.483 e. The Hall–Kier alpha value is -2.56. The molecule has 1 unspecified atom stereocenters. The molecule has 5 nitrogen and oxygen atoms in total. The van der Waals surface area contributed by atoms with Gasteiger partial charge in [-0.05, 0) is 56.7 Å². The Morgan fingerprint density at radius 3 is 2.41 bits per heavy atom. The largest absolute Gasteiger partial charge is 0.483 e. The minimum absolute atomic E-state index is 0.139. The van der Waals surface area contributed by atoms with Gasteiger partial charge in [-0.3, -0.25) is 4.79 Å². The first-order chi connectivity index (χ1) is 15.2. The van der Waals surface area contributed by atoms with Crippen LogP contribution in [0, 0.1) is 17.8 Å². The average Bonchev–Trinajstić information content (AvgIpc) is 3.55. The van der Waals surface area contributed by atoms with Crippen LogP contribution < -0.4 is 9.47 Å². The van der Waals surface area contributed by atoms with E-state index in [4.69, 9.17) is 19.2 Å². The fourth-order valence-corrected chi connectivity index (χ4v) is 3.45. The summed E-state index contributed by atoms with van der Waals surface area (Å²) in [5.41, 5.74) is 1.39. The molecular formula is C27H37NO4. The van der Waals surface area contributed by atoms with Crippen molar-refractivity contribution in [2.24, 2.45) is 17.8 Å². The van der Waals surface area contributed by atoms with E-state index in [2.05, 4.69) is 0 Å². The summed E-state index contributed by atoms with van der Waals surface area (Å²) in [7, 11) is 0. The van der Waals surface area contributed by atoms with E-state index in [1.807, 2.05) is 77.1 Å². The van der Waals surface area contributed by atoms with Gasteiger partial charge >= 0.3 is 5.97 Å². The lowest BCUT2D eigenvalue weighted by Gasteiger charge is -2.26. The summed E-state index contributed by atoms with van der Waals surface area (Å²) in [6, 6.07) is 13.9. The van der Waals surface area contributed by atoms with E-state index < -0.39 is 5.60 Å². The molecule has 1 fully saturated rings. The molecule has 174 valence electrons. The van der Waals surface area contributed by atoms with Gasteiger partial charge in [-0.1, -0.05) is 57.0 Å². The molecule has 0 radical (unpaired) electrons. The third-order valence-electron chi connectivity index (χ3n) is 5.53. The van der Waals surface area contributed by atoms with Gasteiger partial charge in [0.2, 0.25) is 0 Å². The van der Waals surface area contributed by atoms with Crippen molar-refractivity contribution in [3.63, 3.8) is 0 Å². The smallest absolute Gasteiger partial charge is 0.310 e. The molecule has 1 saturated carbocycles. The van der Waals surface area contributed by atoms with Crippen LogP contribution in [0.3, 0.4) is 0 Å². The van der Waals surface area contributed by atoms with Crippen LogP contribution >= 0.6 is 0 Å². The number of nitrogens with zero attached hydrogens (tertiary/aromatic N) is 1. The van der Waals surface area contributed by atoms with Crippen molar-refractivity contribution in [1.29, 1.82) is 0 Å². The number of carbonyl (C=O) groups is 1. The maximum Gasteiger partial charge on any atom is 0.310 e. The monoisotopic (exact) mass is 439 g/mol. The van der Waals surface area contributed by atoms with Gasteiger partial charge in [-0.2, -0.15) is 0 Å². The highest BCUT2D eigenvalue weighted by atomic mass is 16.6. The van der Waals surface area contributed by atoms with Gasteiger partial charge in [0.1, 0.15) is 12.2 Å². The third-order valence-corrected chi connectivity index (χ3v) is 5.53. The van der Waals surface area contributed by atoms with Gasteiger partial charge in [0.15, 0.2) is 5.75 Å². The molecule has 0 amide bonds. The Morgan fingerprint density at radius 2 is 1.78 bits per heavy atom. The second-order valence-corrected chi connectivity index (χ2v) is 10.0. The summed E-state index contributed by atoms with van der Waals surface area (Å²) < 4.78 is 17.7. The molecule has 0 N–H and O–H groups in total. The van der Waals surface area contributed by atoms with E-state index in [9.17, 15) is 4.79 Å². The van der Waals surface area contributed by atoms with Crippen molar-refractivity contribution in [2.45, 2.75) is 72.5 Å². The second-order valence-electron chi connectivity index (χ2n) is 10.0. The Labute approximate surface area is 192 Å². The lowest BCUT2D eigenvalue weighted by atomic mass is 9.91. The Bertz CT molecular complexity index is 869. The van der Waals surface area contributed by atoms with Gasteiger partial charge < -0.3 is 14.2 Å². The second kappa shape index (κ2) is 10.8. The fourth-order valence-electron chi connectivity index (χ4n) is 3.45. The summed E-state index contributed by atoms with van der Waals surface area (Å²) in [5.74, 6) is 1.61. The number of aromatic nitrogens is 1. The quantitative estimate of drug-likeness (QED) is 0.402. The molecular weight excluding hydrogens is 402 g/mol. The molecule has 3 rings (SSSR count). The fraction of sp³-hybridized carbons (Fsp3) is 0.556. The normalized spacial score (nSPS) is 14.8. The molecule has 1 aliphatic rings. The number of carbonyl (C=O) groups excluding carboxylic acids is 1. The molecule has 1 atom stereocenters. The number of esters is 1. The van der Waals surface area contributed by atoms with Crippen molar-refractivity contribution in [2.75, 3.05) is 6.61 Å². The van der Waals surface area contributed by atoms with Crippen LogP contribution in [0.25, 0.3) is 0 Å². The molecule has 0 aliphatic heterocycles. The molecule has 0 saturated heterocycles. The molecule has 2 aromatic rings. The molecule has 1 aromatic heterocycles. The first-order valence-electron chi connectivity index (χ1n) is 11.7. The van der Waals surface area contributed by atoms with Gasteiger partial charge in [-0.15, -0.1) is 0 Å². The van der Waals surface area contributed by atoms with Gasteiger partial charge in [0.25, 0.3) is 5.88 Å². The van der Waals surface area contributed by atoms with Gasteiger partial charge in [-0.25, -0.2) is 4.98 Å². The summed E-state index contributed by atoms with van der Waals surface area (Å²) >= 11 is 0. The Balaban J connectivity index is 1.73. The van der Waals surface area contributed by atoms with Crippen LogP contribution in [-0.2, 0) is 22.6 Å². The molecule has 5 heteroatoms. The summed E-state index contributed by atoms with van der Waals surface area (Å²) in [4.78, 5) is 17.5. The van der Waals surface area contributed by atoms with E-state index in [-0.39, 0.29) is 17.8 Å². The summed E-state index contributed by atoms with van der Waals surface area (Å²) in [6.45, 7) is 10.8. The predicted molar refractivity (Wildman–Crippen MR) is 126 cm³/mol. The van der Waals surface area contributed by atoms with Crippen molar-refractivity contribution in [3.05, 3.63) is 53.7 Å². The van der Waals surface area contributed by atoms with Crippen LogP contribution in [0.2, 0.25) is 0 Å². The van der Waals surface area contributed by atoms with Crippen LogP contribution in [0.1, 0.15) is 65.1 Å². The van der Waals surface area contributed by atoms with Crippen molar-refractivity contribution < 1.29 is 19.0 Å². The van der Waals surface area contributed by atoms with E-state index in [0.29, 0.717) is 31.3 Å². The number of ether oxygens (including phenoxy) is 3. The molecule has 0 bridgehead atoms. The van der Waals surface area contributed by atoms with E-state index in [1.165, 1.54) is 12.8 Å². The number of hydrogen-bond donors (Lipinski definition) is 0. The van der Waals surface area contributed by atoms with Gasteiger partial charge in [0, 0.05) is 12.1 Å². The van der Waals surface area contributed by atoms with Crippen molar-refractivity contribution >= 4 is 5.97 Å². The first kappa shape index (κ1) is 24.1. The molecule has 1 aromatic carbocycles. The third kappa shape index (κ3) is 7.85. The van der Waals surface area contributed by atoms with Crippen molar-refractivity contribution in [1.82, 2.24) is 4.98 Å². The lowest BCUT2D eigenvalue weighted by molar-refractivity contribution is -0.161. The van der Waals surface area contributed by atoms with Crippen LogP contribution in [-0.4, -0.2) is 23.2 Å². The molecule has 1 heterocycles.